The molecule has 0 spiro atoms. The maximum atomic E-state index is 12.9. The zero-order valence-electron chi connectivity index (χ0n) is 12.6. The van der Waals surface area contributed by atoms with Gasteiger partial charge in [0.2, 0.25) is 5.91 Å². The van der Waals surface area contributed by atoms with E-state index in [9.17, 15) is 4.79 Å². The summed E-state index contributed by atoms with van der Waals surface area (Å²) in [5.74, 6) is 1.20. The normalized spacial score (nSPS) is 25.6. The number of carbonyl (C=O) groups excluding carboxylic acids is 1. The van der Waals surface area contributed by atoms with Crippen LogP contribution in [-0.4, -0.2) is 28.4 Å². The summed E-state index contributed by atoms with van der Waals surface area (Å²) in [6, 6.07) is 4.46. The average molecular weight is 287 g/mol. The number of rotatable bonds is 5. The van der Waals surface area contributed by atoms with Gasteiger partial charge in [0, 0.05) is 30.9 Å². The van der Waals surface area contributed by atoms with Crippen LogP contribution in [0.5, 0.6) is 0 Å². The molecule has 21 heavy (non-hydrogen) atoms. The van der Waals surface area contributed by atoms with Crippen LogP contribution < -0.4 is 5.73 Å². The van der Waals surface area contributed by atoms with Gasteiger partial charge in [0.1, 0.15) is 0 Å². The summed E-state index contributed by atoms with van der Waals surface area (Å²) in [6.45, 7) is 1.48. The largest absolute Gasteiger partial charge is 0.335 e. The minimum absolute atomic E-state index is 0.213. The number of hydrogen-bond acceptors (Lipinski definition) is 3. The minimum atomic E-state index is 0.213. The number of carbonyl (C=O) groups is 1. The van der Waals surface area contributed by atoms with E-state index in [1.165, 1.54) is 0 Å². The molecule has 0 aromatic carbocycles. The Morgan fingerprint density at radius 1 is 1.24 bits per heavy atom. The zero-order chi connectivity index (χ0) is 14.7. The van der Waals surface area contributed by atoms with Gasteiger partial charge in [-0.3, -0.25) is 9.78 Å². The first-order valence-electron chi connectivity index (χ1n) is 8.17. The number of pyridine rings is 1. The average Bonchev–Trinajstić information content (AvgIpc) is 3.38. The molecule has 1 heterocycles. The van der Waals surface area contributed by atoms with E-state index in [-0.39, 0.29) is 5.92 Å². The fraction of sp³-hybridized carbons (Fsp3) is 0.647. The molecule has 1 aromatic heterocycles. The van der Waals surface area contributed by atoms with Crippen LogP contribution >= 0.6 is 0 Å². The van der Waals surface area contributed by atoms with Gasteiger partial charge in [-0.15, -0.1) is 0 Å². The summed E-state index contributed by atoms with van der Waals surface area (Å²) in [5.41, 5.74) is 6.88. The Bertz CT molecular complexity index is 464. The van der Waals surface area contributed by atoms with Crippen molar-refractivity contribution >= 4 is 5.91 Å². The third kappa shape index (κ3) is 3.62. The Kier molecular flexibility index (Phi) is 4.54. The van der Waals surface area contributed by atoms with Gasteiger partial charge in [0.25, 0.3) is 0 Å². The van der Waals surface area contributed by atoms with Gasteiger partial charge in [-0.1, -0.05) is 6.07 Å². The fourth-order valence-corrected chi connectivity index (χ4v) is 3.34. The van der Waals surface area contributed by atoms with E-state index in [0.717, 1.165) is 50.6 Å². The van der Waals surface area contributed by atoms with Crippen molar-refractivity contribution in [1.29, 1.82) is 0 Å². The van der Waals surface area contributed by atoms with E-state index in [0.29, 0.717) is 24.4 Å². The summed E-state index contributed by atoms with van der Waals surface area (Å²) in [4.78, 5) is 19.1. The lowest BCUT2D eigenvalue weighted by Crippen LogP contribution is -2.39. The van der Waals surface area contributed by atoms with Crippen molar-refractivity contribution in [3.63, 3.8) is 0 Å². The lowest BCUT2D eigenvalue weighted by Gasteiger charge is -2.32. The summed E-state index contributed by atoms with van der Waals surface area (Å²) >= 11 is 0. The predicted octanol–water partition coefficient (Wildman–Crippen LogP) is 2.34. The molecule has 1 amide bonds. The lowest BCUT2D eigenvalue weighted by atomic mass is 9.81. The molecule has 2 N–H and O–H groups in total. The number of aromatic nitrogens is 1. The highest BCUT2D eigenvalue weighted by Crippen LogP contribution is 2.34. The summed E-state index contributed by atoms with van der Waals surface area (Å²) in [6.07, 6.45) is 10.2. The number of amides is 1. The maximum Gasteiger partial charge on any atom is 0.226 e. The standard InChI is InChI=1S/C17H25N3O/c18-10-13-3-5-15(6-4-13)17(21)20(16-7-8-16)12-14-2-1-9-19-11-14/h1-2,9,11,13,15-16H,3-8,10,12,18H2. The summed E-state index contributed by atoms with van der Waals surface area (Å²) in [5, 5.41) is 0. The molecule has 0 unspecified atom stereocenters. The summed E-state index contributed by atoms with van der Waals surface area (Å²) < 4.78 is 0. The van der Waals surface area contributed by atoms with Crippen LogP contribution in [0.15, 0.2) is 24.5 Å². The second-order valence-corrected chi connectivity index (χ2v) is 6.51. The second kappa shape index (κ2) is 6.56. The maximum absolute atomic E-state index is 12.9. The molecule has 0 bridgehead atoms. The van der Waals surface area contributed by atoms with Crippen molar-refractivity contribution in [2.24, 2.45) is 17.6 Å². The van der Waals surface area contributed by atoms with Crippen LogP contribution in [0.4, 0.5) is 0 Å². The molecule has 0 radical (unpaired) electrons. The first kappa shape index (κ1) is 14.5. The quantitative estimate of drug-likeness (QED) is 0.904. The van der Waals surface area contributed by atoms with E-state index in [4.69, 9.17) is 5.73 Å². The lowest BCUT2D eigenvalue weighted by molar-refractivity contribution is -0.138. The minimum Gasteiger partial charge on any atom is -0.335 e. The van der Waals surface area contributed by atoms with Crippen LogP contribution in [0.25, 0.3) is 0 Å². The molecule has 2 fully saturated rings. The van der Waals surface area contributed by atoms with Crippen LogP contribution in [0.2, 0.25) is 0 Å². The Balaban J connectivity index is 1.63. The Morgan fingerprint density at radius 3 is 2.57 bits per heavy atom. The Labute approximate surface area is 126 Å². The van der Waals surface area contributed by atoms with Gasteiger partial charge >= 0.3 is 0 Å². The smallest absolute Gasteiger partial charge is 0.226 e. The van der Waals surface area contributed by atoms with Crippen LogP contribution in [0.3, 0.4) is 0 Å². The number of nitrogens with zero attached hydrogens (tertiary/aromatic N) is 2. The van der Waals surface area contributed by atoms with E-state index in [1.54, 1.807) is 6.20 Å². The molecule has 114 valence electrons. The Hall–Kier alpha value is -1.42. The third-order valence-corrected chi connectivity index (χ3v) is 4.88. The third-order valence-electron chi connectivity index (χ3n) is 4.88. The number of hydrogen-bond donors (Lipinski definition) is 1. The highest BCUT2D eigenvalue weighted by Gasteiger charge is 2.36. The molecular weight excluding hydrogens is 262 g/mol. The van der Waals surface area contributed by atoms with Crippen LogP contribution in [0, 0.1) is 11.8 Å². The van der Waals surface area contributed by atoms with Crippen molar-refractivity contribution in [2.45, 2.75) is 51.1 Å². The van der Waals surface area contributed by atoms with E-state index >= 15 is 0 Å². The molecule has 0 saturated heterocycles. The van der Waals surface area contributed by atoms with E-state index < -0.39 is 0 Å². The van der Waals surface area contributed by atoms with Crippen molar-refractivity contribution in [1.82, 2.24) is 9.88 Å². The highest BCUT2D eigenvalue weighted by molar-refractivity contribution is 5.79. The molecule has 0 atom stereocenters. The van der Waals surface area contributed by atoms with Gasteiger partial charge in [-0.25, -0.2) is 0 Å². The SMILES string of the molecule is NCC1CCC(C(=O)N(Cc2cccnc2)C2CC2)CC1. The van der Waals surface area contributed by atoms with Crippen LogP contribution in [0.1, 0.15) is 44.1 Å². The van der Waals surface area contributed by atoms with E-state index in [2.05, 4.69) is 16.0 Å². The zero-order valence-corrected chi connectivity index (χ0v) is 12.6. The molecule has 1 aromatic rings. The Morgan fingerprint density at radius 2 is 2.00 bits per heavy atom. The van der Waals surface area contributed by atoms with Gasteiger partial charge in [-0.05, 0) is 62.6 Å². The van der Waals surface area contributed by atoms with Crippen molar-refractivity contribution < 1.29 is 4.79 Å². The van der Waals surface area contributed by atoms with Gasteiger partial charge in [-0.2, -0.15) is 0 Å². The predicted molar refractivity (Wildman–Crippen MR) is 82.3 cm³/mol. The highest BCUT2D eigenvalue weighted by atomic mass is 16.2. The van der Waals surface area contributed by atoms with Gasteiger partial charge in [0.15, 0.2) is 0 Å². The van der Waals surface area contributed by atoms with Crippen molar-refractivity contribution in [3.8, 4) is 0 Å². The molecule has 0 aliphatic heterocycles. The number of nitrogens with two attached hydrogens (primary N) is 1. The molecule has 4 heteroatoms. The summed E-state index contributed by atoms with van der Waals surface area (Å²) in [7, 11) is 0. The van der Waals surface area contributed by atoms with Crippen LogP contribution in [-0.2, 0) is 11.3 Å². The molecule has 2 aliphatic rings. The monoisotopic (exact) mass is 287 g/mol. The molecular formula is C17H25N3O. The second-order valence-electron chi connectivity index (χ2n) is 6.51. The van der Waals surface area contributed by atoms with E-state index in [1.807, 2.05) is 12.3 Å². The molecule has 3 rings (SSSR count). The van der Waals surface area contributed by atoms with Crippen molar-refractivity contribution in [3.05, 3.63) is 30.1 Å². The first-order valence-corrected chi connectivity index (χ1v) is 8.17. The molecule has 4 nitrogen and oxygen atoms in total. The fourth-order valence-electron chi connectivity index (χ4n) is 3.34. The molecule has 2 aliphatic carbocycles. The van der Waals surface area contributed by atoms with Crippen molar-refractivity contribution in [2.75, 3.05) is 6.54 Å². The van der Waals surface area contributed by atoms with Gasteiger partial charge < -0.3 is 10.6 Å². The molecule has 2 saturated carbocycles. The van der Waals surface area contributed by atoms with Gasteiger partial charge in [0.05, 0.1) is 0 Å². The topological polar surface area (TPSA) is 59.2 Å². The first-order chi connectivity index (χ1) is 10.3.